The Morgan fingerprint density at radius 3 is 2.19 bits per heavy atom. The van der Waals surface area contributed by atoms with Gasteiger partial charge in [0, 0.05) is 31.8 Å². The molecule has 0 radical (unpaired) electrons. The molecule has 0 saturated carbocycles. The van der Waals surface area contributed by atoms with Crippen molar-refractivity contribution in [2.45, 2.75) is 80.9 Å². The fourth-order valence-electron chi connectivity index (χ4n) is 8.41. The average Bonchev–Trinajstić information content (AvgIpc) is 4.09. The Morgan fingerprint density at radius 2 is 1.53 bits per heavy atom. The molecule has 13 N–H and O–H groups in total. The van der Waals surface area contributed by atoms with E-state index in [0.717, 1.165) is 36.6 Å². The van der Waals surface area contributed by atoms with E-state index >= 15 is 0 Å². The first kappa shape index (κ1) is 54.4. The maximum Gasteiger partial charge on any atom is 0.490 e. The van der Waals surface area contributed by atoms with Gasteiger partial charge in [0.05, 0.1) is 32.7 Å². The Labute approximate surface area is 407 Å². The normalized spacial score (nSPS) is 30.2. The molecule has 3 aliphatic heterocycles. The number of imidazole rings is 2. The number of aromatic nitrogens is 10. The van der Waals surface area contributed by atoms with Crippen molar-refractivity contribution in [3.63, 3.8) is 0 Å². The third kappa shape index (κ3) is 11.4. The number of hydrogen-bond acceptors (Lipinski definition) is 26. The molecule has 0 bridgehead atoms. The van der Waals surface area contributed by atoms with Gasteiger partial charge in [0.25, 0.3) is 17.1 Å². The lowest BCUT2D eigenvalue weighted by molar-refractivity contribution is -0.745. The van der Waals surface area contributed by atoms with Crippen molar-refractivity contribution in [3.8, 4) is 0 Å². The Balaban J connectivity index is 0.936. The first-order valence-electron chi connectivity index (χ1n) is 21.1. The van der Waals surface area contributed by atoms with Crippen molar-refractivity contribution in [2.75, 3.05) is 38.3 Å². The molecule has 0 amide bonds. The van der Waals surface area contributed by atoms with Crippen molar-refractivity contribution in [2.24, 2.45) is 13.0 Å². The number of aliphatic hydroxyl groups excluding tert-OH is 3. The van der Waals surface area contributed by atoms with Gasteiger partial charge in [-0.25, -0.2) is 42.2 Å². The molecule has 3 fully saturated rings. The second kappa shape index (κ2) is 20.7. The second-order valence-electron chi connectivity index (χ2n) is 16.3. The third-order valence-electron chi connectivity index (χ3n) is 11.7. The Morgan fingerprint density at radius 1 is 0.863 bits per heavy atom. The van der Waals surface area contributed by atoms with Crippen LogP contribution >= 0.6 is 23.5 Å². The van der Waals surface area contributed by atoms with Crippen molar-refractivity contribution in [1.82, 2.24) is 48.3 Å². The van der Waals surface area contributed by atoms with Gasteiger partial charge in [-0.05, 0) is 6.42 Å². The van der Waals surface area contributed by atoms with Crippen molar-refractivity contribution in [3.05, 3.63) is 62.4 Å². The number of H-pyrrole nitrogens is 2. The van der Waals surface area contributed by atoms with E-state index in [-0.39, 0.29) is 40.5 Å². The summed E-state index contributed by atoms with van der Waals surface area (Å²) in [6.07, 6.45) is -12.6. The summed E-state index contributed by atoms with van der Waals surface area (Å²) in [7, 11) is -20.3. The number of nitrogens with two attached hydrogens (primary N) is 2. The minimum Gasteiger partial charge on any atom is -0.387 e. The zero-order valence-corrected chi connectivity index (χ0v) is 41.2. The molecule has 3 aliphatic rings. The van der Waals surface area contributed by atoms with Crippen LogP contribution in [0.1, 0.15) is 32.0 Å². The first-order valence-corrected chi connectivity index (χ1v) is 27.0. The Hall–Kier alpha value is -4.82. The van der Waals surface area contributed by atoms with Gasteiger partial charge in [-0.2, -0.15) is 21.8 Å². The summed E-state index contributed by atoms with van der Waals surface area (Å²) < 4.78 is 120. The first-order chi connectivity index (χ1) is 34.2. The molecule has 3 saturated heterocycles. The topological polar surface area (TPSA) is 507 Å². The van der Waals surface area contributed by atoms with Gasteiger partial charge >= 0.3 is 45.1 Å². The minimum atomic E-state index is -6.15. The zero-order valence-electron chi connectivity index (χ0n) is 37.7. The number of hydrogen-bond donors (Lipinski definition) is 11. The molecule has 40 heteroatoms. The molecule has 3 unspecified atom stereocenters. The van der Waals surface area contributed by atoms with Crippen LogP contribution in [0.5, 0.6) is 0 Å². The van der Waals surface area contributed by atoms with Crippen LogP contribution in [0, 0.1) is 5.92 Å². The number of anilines is 2. The number of nitrogen functional groups attached to an aromatic ring is 2. The van der Waals surface area contributed by atoms with Gasteiger partial charge < -0.3 is 60.4 Å². The van der Waals surface area contributed by atoms with E-state index < -0.39 is 144 Å². The number of nitrogens with zero attached hydrogens (tertiary/aromatic N) is 8. The number of phosphoric acid groups is 3. The molecule has 8 heterocycles. The van der Waals surface area contributed by atoms with Gasteiger partial charge in [-0.15, -0.1) is 0 Å². The zero-order chi connectivity index (χ0) is 53.1. The quantitative estimate of drug-likeness (QED) is 0.0258. The number of phosphoric ester groups is 2. The molecule has 36 nitrogen and oxygen atoms in total. The van der Waals surface area contributed by atoms with E-state index in [1.54, 1.807) is 6.92 Å². The molecular formula is C33H47N13O23P3S+. The molecule has 5 aromatic heterocycles. The average molecular weight is 1120 g/mol. The van der Waals surface area contributed by atoms with Crippen LogP contribution in [0.15, 0.2) is 45.6 Å². The lowest BCUT2D eigenvalue weighted by atomic mass is 9.95. The van der Waals surface area contributed by atoms with Crippen molar-refractivity contribution < 1.29 is 97.5 Å². The van der Waals surface area contributed by atoms with Crippen LogP contribution in [-0.4, -0.2) is 158 Å². The molecule has 0 aliphatic carbocycles. The standard InChI is InChI=1S/C33H46N13O23P3S/c1-4-13-15(65-29(20(13)48)46-12-43(2)19-27(46)41-32(35)42-28(19)51)8-62-70(53,54)68-72(57,58)69-71(55,56)63-9-16-23(24(61-3)31(66-16)45-11-38-18-25(34)36-10-37-26(18)45)67-73(59,60)39-7-14-21(49)22(50)30(64-14)44-6-5-17(47)40-33(44)52/h5-6,10-16,20-24,29-31,39,48-50H,4,7-9H2,1-3H3,(H8-,34,35,36,37,40,41,42,47,51,52,53,54,55,56,57,58)/p+1/t13-,14-,15-,16-,20-,21-,22-,23-,24-,29-,30-,31-/m1/s1. The highest BCUT2D eigenvalue weighted by Gasteiger charge is 2.53. The third-order valence-corrected chi connectivity index (χ3v) is 16.9. The molecule has 15 atom stereocenters. The summed E-state index contributed by atoms with van der Waals surface area (Å²) >= 11 is 0. The summed E-state index contributed by atoms with van der Waals surface area (Å²) in [5.41, 5.74) is 9.38. The fraction of sp³-hybridized carbons (Fsp3) is 0.576. The van der Waals surface area contributed by atoms with Gasteiger partial charge in [-0.1, -0.05) is 11.9 Å². The van der Waals surface area contributed by atoms with Crippen LogP contribution < -0.4 is 37.6 Å². The monoisotopic (exact) mass is 1120 g/mol. The molecule has 5 aromatic rings. The summed E-state index contributed by atoms with van der Waals surface area (Å²) in [6.45, 7) is -1.33. The van der Waals surface area contributed by atoms with Crippen LogP contribution in [0.25, 0.3) is 22.3 Å². The molecule has 0 aromatic carbocycles. The van der Waals surface area contributed by atoms with E-state index in [1.165, 1.54) is 27.1 Å². The summed E-state index contributed by atoms with van der Waals surface area (Å²) in [5.74, 6) is -1.16. The number of aryl methyl sites for hydroxylation is 1. The van der Waals surface area contributed by atoms with E-state index in [4.69, 9.17) is 43.6 Å². The Bertz CT molecular complexity index is 3320. The smallest absolute Gasteiger partial charge is 0.387 e. The lowest BCUT2D eigenvalue weighted by Crippen LogP contribution is -2.45. The van der Waals surface area contributed by atoms with Gasteiger partial charge in [-0.3, -0.25) is 42.3 Å². The summed E-state index contributed by atoms with van der Waals surface area (Å²) in [4.78, 5) is 88.4. The predicted octanol–water partition coefficient (Wildman–Crippen LogP) is -4.49. The lowest BCUT2D eigenvalue weighted by Gasteiger charge is -2.24. The number of aliphatic hydroxyl groups is 3. The van der Waals surface area contributed by atoms with Gasteiger partial charge in [0.15, 0.2) is 30.2 Å². The molecule has 0 spiro atoms. The highest BCUT2D eigenvalue weighted by Crippen LogP contribution is 2.68. The van der Waals surface area contributed by atoms with Crippen molar-refractivity contribution in [1.29, 1.82) is 0 Å². The maximum atomic E-state index is 13.5. The number of aromatic amines is 2. The van der Waals surface area contributed by atoms with Crippen LogP contribution in [0.3, 0.4) is 0 Å². The molecule has 8 rings (SSSR count). The van der Waals surface area contributed by atoms with Crippen LogP contribution in [0.2, 0.25) is 0 Å². The van der Waals surface area contributed by atoms with E-state index in [1.807, 2.05) is 9.71 Å². The maximum absolute atomic E-state index is 13.5. The number of rotatable bonds is 20. The number of ether oxygens (including phenoxy) is 4. The molecular weight excluding hydrogens is 1070 g/mol. The van der Waals surface area contributed by atoms with Crippen LogP contribution in [0.4, 0.5) is 11.8 Å². The fourth-order valence-corrected chi connectivity index (χ4v) is 12.9. The largest absolute Gasteiger partial charge is 0.490 e. The van der Waals surface area contributed by atoms with E-state index in [2.05, 4.69) is 33.5 Å². The number of fused-ring (bicyclic) bond motifs is 2. The highest BCUT2D eigenvalue weighted by atomic mass is 32.2. The number of nitrogens with one attached hydrogen (secondary N) is 3. The summed E-state index contributed by atoms with van der Waals surface area (Å²) in [6, 6.07) is 0.932. The molecule has 73 heavy (non-hydrogen) atoms. The predicted molar refractivity (Wildman–Crippen MR) is 237 cm³/mol. The van der Waals surface area contributed by atoms with Gasteiger partial charge in [0.2, 0.25) is 11.7 Å². The minimum absolute atomic E-state index is 0.0123. The van der Waals surface area contributed by atoms with Gasteiger partial charge in [0.1, 0.15) is 54.6 Å². The highest BCUT2D eigenvalue weighted by molar-refractivity contribution is 7.84. The number of methoxy groups -OCH3 is 1. The second-order valence-corrected chi connectivity index (χ2v) is 22.3. The van der Waals surface area contributed by atoms with Crippen molar-refractivity contribution >= 4 is 67.9 Å². The Kier molecular flexibility index (Phi) is 15.4. The van der Waals surface area contributed by atoms with E-state index in [0.29, 0.717) is 0 Å². The molecule has 402 valence electrons. The summed E-state index contributed by atoms with van der Waals surface area (Å²) in [5, 5.41) is 32.5. The van der Waals surface area contributed by atoms with Crippen LogP contribution in [-0.2, 0) is 71.8 Å². The SMILES string of the molecule is CC[C@H]1[C@@H](O)[C@H]([n+]2cn(C)c3c(=O)[nH]c(N)nc32)O[C@@H]1COP(=O)(O)OP(=O)(O)OP(=O)(O)OC[C@H]1O[C@@H](n2cnc3c(N)ncnc32)[C@H](OC)[C@@H]1OS(=O)(=O)NC[C@H]1O[C@@H](n2ccc(=O)[nH]c2=O)[C@H](O)[C@@H]1O. The van der Waals surface area contributed by atoms with E-state index in [9.17, 15) is 66.5 Å².